The van der Waals surface area contributed by atoms with Crippen LogP contribution in [0.5, 0.6) is 0 Å². The van der Waals surface area contributed by atoms with Crippen LogP contribution in [0.2, 0.25) is 0 Å². The number of hydrogen-bond acceptors (Lipinski definition) is 4. The summed E-state index contributed by atoms with van der Waals surface area (Å²) in [7, 11) is 0. The molecule has 2 rings (SSSR count). The minimum atomic E-state index is -1.46. The van der Waals surface area contributed by atoms with Crippen LogP contribution < -0.4 is 0 Å². The molecule has 0 aromatic carbocycles. The van der Waals surface area contributed by atoms with E-state index in [1.54, 1.807) is 6.92 Å². The second kappa shape index (κ2) is 4.41. The molecule has 0 aromatic rings. The third-order valence-electron chi connectivity index (χ3n) is 4.32. The van der Waals surface area contributed by atoms with Crippen molar-refractivity contribution in [2.45, 2.75) is 57.5 Å². The Hall–Kier alpha value is -0.900. The molecule has 96 valence electrons. The summed E-state index contributed by atoms with van der Waals surface area (Å²) in [6.07, 6.45) is 4.32. The van der Waals surface area contributed by atoms with Crippen molar-refractivity contribution in [3.63, 3.8) is 0 Å². The molecule has 17 heavy (non-hydrogen) atoms. The highest BCUT2D eigenvalue weighted by atomic mass is 16.5. The number of rotatable bonds is 2. The summed E-state index contributed by atoms with van der Waals surface area (Å²) < 4.78 is 5.10. The predicted octanol–water partition coefficient (Wildman–Crippen LogP) is 1.59. The fraction of sp³-hybridized carbons (Fsp3) is 0.846. The summed E-state index contributed by atoms with van der Waals surface area (Å²) in [5.41, 5.74) is -2.42. The first-order valence-electron chi connectivity index (χ1n) is 6.50. The Labute approximate surface area is 101 Å². The Bertz CT molecular complexity index is 334. The fourth-order valence-corrected chi connectivity index (χ4v) is 3.39. The van der Waals surface area contributed by atoms with Crippen LogP contribution in [0.1, 0.15) is 51.9 Å². The molecule has 0 unspecified atom stereocenters. The van der Waals surface area contributed by atoms with E-state index >= 15 is 0 Å². The van der Waals surface area contributed by atoms with E-state index in [4.69, 9.17) is 4.74 Å². The number of aliphatic hydroxyl groups is 1. The normalized spacial score (nSPS) is 37.4. The molecule has 4 heteroatoms. The molecule has 0 radical (unpaired) electrons. The first kappa shape index (κ1) is 12.6. The number of carbonyl (C=O) groups excluding carboxylic acids is 2. The van der Waals surface area contributed by atoms with Crippen LogP contribution in [0.25, 0.3) is 0 Å². The molecule has 0 amide bonds. The number of ether oxygens (including phenoxy) is 1. The third-order valence-corrected chi connectivity index (χ3v) is 4.32. The van der Waals surface area contributed by atoms with Gasteiger partial charge in [-0.3, -0.25) is 9.59 Å². The van der Waals surface area contributed by atoms with Crippen molar-refractivity contribution in [2.75, 3.05) is 6.61 Å². The Morgan fingerprint density at radius 2 is 1.94 bits per heavy atom. The lowest BCUT2D eigenvalue weighted by molar-refractivity contribution is -0.194. The van der Waals surface area contributed by atoms with Gasteiger partial charge in [0, 0.05) is 6.42 Å². The van der Waals surface area contributed by atoms with Crippen molar-refractivity contribution in [1.82, 2.24) is 0 Å². The van der Waals surface area contributed by atoms with Gasteiger partial charge in [-0.2, -0.15) is 0 Å². The maximum Gasteiger partial charge on any atom is 0.315 e. The van der Waals surface area contributed by atoms with Gasteiger partial charge in [-0.05, 0) is 32.6 Å². The Morgan fingerprint density at radius 1 is 1.29 bits per heavy atom. The van der Waals surface area contributed by atoms with Crippen LogP contribution >= 0.6 is 0 Å². The van der Waals surface area contributed by atoms with E-state index in [0.29, 0.717) is 38.7 Å². The van der Waals surface area contributed by atoms with Crippen molar-refractivity contribution >= 4 is 11.8 Å². The molecule has 0 saturated heterocycles. The molecule has 0 aromatic heterocycles. The van der Waals surface area contributed by atoms with Gasteiger partial charge in [-0.1, -0.05) is 12.8 Å². The number of fused-ring (bicyclic) bond motifs is 1. The van der Waals surface area contributed by atoms with E-state index in [1.165, 1.54) is 0 Å². The number of carbonyl (C=O) groups is 2. The van der Waals surface area contributed by atoms with Crippen molar-refractivity contribution < 1.29 is 19.4 Å². The van der Waals surface area contributed by atoms with Gasteiger partial charge in [-0.15, -0.1) is 0 Å². The summed E-state index contributed by atoms with van der Waals surface area (Å²) in [5, 5.41) is 10.7. The van der Waals surface area contributed by atoms with Gasteiger partial charge in [0.1, 0.15) is 11.0 Å². The monoisotopic (exact) mass is 240 g/mol. The molecule has 2 aliphatic rings. The van der Waals surface area contributed by atoms with Gasteiger partial charge in [0.05, 0.1) is 6.61 Å². The quantitative estimate of drug-likeness (QED) is 0.744. The van der Waals surface area contributed by atoms with Crippen LogP contribution in [0.4, 0.5) is 0 Å². The molecule has 4 nitrogen and oxygen atoms in total. The number of hydrogen-bond donors (Lipinski definition) is 1. The van der Waals surface area contributed by atoms with E-state index in [2.05, 4.69) is 0 Å². The van der Waals surface area contributed by atoms with Crippen LogP contribution in [0.3, 0.4) is 0 Å². The summed E-state index contributed by atoms with van der Waals surface area (Å²) in [6.45, 7) is 2.05. The van der Waals surface area contributed by atoms with Crippen molar-refractivity contribution in [3.05, 3.63) is 0 Å². The van der Waals surface area contributed by atoms with Crippen LogP contribution in [-0.4, -0.2) is 29.1 Å². The second-order valence-corrected chi connectivity index (χ2v) is 5.15. The Balaban J connectivity index is 2.37. The maximum absolute atomic E-state index is 12.2. The molecule has 0 bridgehead atoms. The number of Topliss-reactive ketones (excluding diaryl/α,β-unsaturated/α-hetero) is 1. The van der Waals surface area contributed by atoms with Crippen LogP contribution in [0.15, 0.2) is 0 Å². The zero-order valence-electron chi connectivity index (χ0n) is 10.3. The standard InChI is InChI=1S/C13H20O4/c1-2-17-11(15)12-7-3-4-9-13(12,16)10(14)6-5-8-12/h16H,2-9H2,1H3/t12-,13-/m1/s1. The first-order chi connectivity index (χ1) is 8.07. The van der Waals surface area contributed by atoms with E-state index in [-0.39, 0.29) is 11.8 Å². The third kappa shape index (κ3) is 1.69. The van der Waals surface area contributed by atoms with Gasteiger partial charge in [0.15, 0.2) is 5.78 Å². The molecule has 2 aliphatic carbocycles. The molecular formula is C13H20O4. The highest BCUT2D eigenvalue weighted by Crippen LogP contribution is 2.52. The summed E-state index contributed by atoms with van der Waals surface area (Å²) in [5.74, 6) is -0.549. The average molecular weight is 240 g/mol. The second-order valence-electron chi connectivity index (χ2n) is 5.15. The summed E-state index contributed by atoms with van der Waals surface area (Å²) in [6, 6.07) is 0. The highest BCUT2D eigenvalue weighted by molar-refractivity contribution is 5.96. The maximum atomic E-state index is 12.2. The smallest absolute Gasteiger partial charge is 0.315 e. The van der Waals surface area contributed by atoms with Crippen LogP contribution in [-0.2, 0) is 14.3 Å². The van der Waals surface area contributed by atoms with E-state index < -0.39 is 11.0 Å². The minimum Gasteiger partial charge on any atom is -0.465 e. The zero-order chi connectivity index (χ0) is 12.5. The zero-order valence-corrected chi connectivity index (χ0v) is 10.3. The predicted molar refractivity (Wildman–Crippen MR) is 61.3 cm³/mol. The summed E-state index contributed by atoms with van der Waals surface area (Å²) >= 11 is 0. The lowest BCUT2D eigenvalue weighted by atomic mass is 9.56. The van der Waals surface area contributed by atoms with Gasteiger partial charge in [-0.25, -0.2) is 0 Å². The topological polar surface area (TPSA) is 63.6 Å². The number of ketones is 1. The van der Waals surface area contributed by atoms with Gasteiger partial charge in [0.2, 0.25) is 0 Å². The molecule has 2 atom stereocenters. The minimum absolute atomic E-state index is 0.170. The molecule has 0 heterocycles. The molecule has 2 saturated carbocycles. The largest absolute Gasteiger partial charge is 0.465 e. The first-order valence-corrected chi connectivity index (χ1v) is 6.50. The van der Waals surface area contributed by atoms with Crippen molar-refractivity contribution in [1.29, 1.82) is 0 Å². The van der Waals surface area contributed by atoms with Gasteiger partial charge in [0.25, 0.3) is 0 Å². The van der Waals surface area contributed by atoms with E-state index in [0.717, 1.165) is 12.8 Å². The molecule has 2 fully saturated rings. The molecule has 0 spiro atoms. The lowest BCUT2D eigenvalue weighted by Gasteiger charge is -2.50. The fourth-order valence-electron chi connectivity index (χ4n) is 3.39. The van der Waals surface area contributed by atoms with E-state index in [9.17, 15) is 14.7 Å². The van der Waals surface area contributed by atoms with Gasteiger partial charge < -0.3 is 9.84 Å². The van der Waals surface area contributed by atoms with Crippen molar-refractivity contribution in [2.24, 2.45) is 5.41 Å². The van der Waals surface area contributed by atoms with Crippen LogP contribution in [0, 0.1) is 5.41 Å². The molecular weight excluding hydrogens is 220 g/mol. The Morgan fingerprint density at radius 3 is 2.65 bits per heavy atom. The molecule has 0 aliphatic heterocycles. The Kier molecular flexibility index (Phi) is 3.25. The van der Waals surface area contributed by atoms with Gasteiger partial charge >= 0.3 is 5.97 Å². The summed E-state index contributed by atoms with van der Waals surface area (Å²) in [4.78, 5) is 24.2. The SMILES string of the molecule is CCOC(=O)[C@]12CCCC[C@@]1(O)C(=O)CCC2. The van der Waals surface area contributed by atoms with E-state index in [1.807, 2.05) is 0 Å². The highest BCUT2D eigenvalue weighted by Gasteiger charge is 2.62. The molecule has 1 N–H and O–H groups in total. The number of esters is 1. The average Bonchev–Trinajstić information content (AvgIpc) is 2.31. The lowest BCUT2D eigenvalue weighted by Crippen LogP contribution is -2.62. The van der Waals surface area contributed by atoms with Crippen molar-refractivity contribution in [3.8, 4) is 0 Å².